The Kier molecular flexibility index (Phi) is 3.03. The van der Waals surface area contributed by atoms with Crippen molar-refractivity contribution < 1.29 is 9.47 Å². The number of rotatable bonds is 2. The SMILES string of the molecule is c1ccc(C2OCCO2)c(-c2cc3ccccc3s2)c1. The average Bonchev–Trinajstić information content (AvgIpc) is 3.16. The van der Waals surface area contributed by atoms with Crippen LogP contribution < -0.4 is 0 Å². The van der Waals surface area contributed by atoms with Gasteiger partial charge >= 0.3 is 0 Å². The van der Waals surface area contributed by atoms with Crippen LogP contribution in [-0.2, 0) is 9.47 Å². The van der Waals surface area contributed by atoms with E-state index in [9.17, 15) is 0 Å². The molecule has 20 heavy (non-hydrogen) atoms. The Morgan fingerprint density at radius 3 is 2.50 bits per heavy atom. The molecule has 0 spiro atoms. The molecular weight excluding hydrogens is 268 g/mol. The number of thiophene rings is 1. The summed E-state index contributed by atoms with van der Waals surface area (Å²) < 4.78 is 12.6. The summed E-state index contributed by atoms with van der Waals surface area (Å²) >= 11 is 1.81. The summed E-state index contributed by atoms with van der Waals surface area (Å²) in [6.07, 6.45) is -0.226. The van der Waals surface area contributed by atoms with Crippen LogP contribution in [0.4, 0.5) is 0 Å². The predicted molar refractivity (Wildman–Crippen MR) is 81.9 cm³/mol. The van der Waals surface area contributed by atoms with Gasteiger partial charge in [0.15, 0.2) is 6.29 Å². The lowest BCUT2D eigenvalue weighted by Crippen LogP contribution is -1.99. The van der Waals surface area contributed by atoms with Crippen LogP contribution in [0.1, 0.15) is 11.9 Å². The molecule has 0 unspecified atom stereocenters. The number of hydrogen-bond acceptors (Lipinski definition) is 3. The fraction of sp³-hybridized carbons (Fsp3) is 0.176. The van der Waals surface area contributed by atoms with Gasteiger partial charge in [-0.2, -0.15) is 0 Å². The van der Waals surface area contributed by atoms with Gasteiger partial charge in [0.2, 0.25) is 0 Å². The first-order valence-electron chi connectivity index (χ1n) is 6.73. The third-order valence-corrected chi connectivity index (χ3v) is 4.68. The zero-order valence-electron chi connectivity index (χ0n) is 10.9. The number of fused-ring (bicyclic) bond motifs is 1. The molecule has 100 valence electrons. The maximum atomic E-state index is 5.66. The van der Waals surface area contributed by atoms with Gasteiger partial charge in [0.25, 0.3) is 0 Å². The van der Waals surface area contributed by atoms with Gasteiger partial charge in [0.1, 0.15) is 0 Å². The van der Waals surface area contributed by atoms with Gasteiger partial charge in [-0.05, 0) is 23.1 Å². The van der Waals surface area contributed by atoms with Gasteiger partial charge < -0.3 is 9.47 Å². The third-order valence-electron chi connectivity index (χ3n) is 3.53. The zero-order chi connectivity index (χ0) is 13.4. The Morgan fingerprint density at radius 2 is 1.65 bits per heavy atom. The van der Waals surface area contributed by atoms with E-state index in [1.54, 1.807) is 0 Å². The Hall–Kier alpha value is -1.68. The average molecular weight is 282 g/mol. The molecule has 1 aromatic heterocycles. The Morgan fingerprint density at radius 1 is 0.900 bits per heavy atom. The van der Waals surface area contributed by atoms with Crippen LogP contribution in [-0.4, -0.2) is 13.2 Å². The van der Waals surface area contributed by atoms with Gasteiger partial charge in [-0.3, -0.25) is 0 Å². The lowest BCUT2D eigenvalue weighted by atomic mass is 10.1. The van der Waals surface area contributed by atoms with Crippen molar-refractivity contribution in [1.29, 1.82) is 0 Å². The molecule has 2 heterocycles. The van der Waals surface area contributed by atoms with Crippen molar-refractivity contribution in [3.63, 3.8) is 0 Å². The van der Waals surface area contributed by atoms with Crippen LogP contribution in [0.3, 0.4) is 0 Å². The lowest BCUT2D eigenvalue weighted by molar-refractivity contribution is -0.0436. The van der Waals surface area contributed by atoms with Gasteiger partial charge in [0.05, 0.1) is 13.2 Å². The molecule has 0 saturated carbocycles. The van der Waals surface area contributed by atoms with Crippen molar-refractivity contribution in [3.05, 3.63) is 60.2 Å². The Labute approximate surface area is 121 Å². The second kappa shape index (κ2) is 5.02. The van der Waals surface area contributed by atoms with Gasteiger partial charge in [-0.15, -0.1) is 11.3 Å². The quantitative estimate of drug-likeness (QED) is 0.683. The molecule has 3 heteroatoms. The van der Waals surface area contributed by atoms with E-state index in [1.165, 1.54) is 20.5 Å². The highest BCUT2D eigenvalue weighted by Crippen LogP contribution is 2.38. The van der Waals surface area contributed by atoms with E-state index >= 15 is 0 Å². The molecule has 1 saturated heterocycles. The smallest absolute Gasteiger partial charge is 0.184 e. The van der Waals surface area contributed by atoms with Crippen LogP contribution in [0.5, 0.6) is 0 Å². The Bertz CT molecular complexity index is 708. The number of benzene rings is 2. The van der Waals surface area contributed by atoms with Gasteiger partial charge in [-0.1, -0.05) is 42.5 Å². The molecule has 0 radical (unpaired) electrons. The molecule has 0 aliphatic carbocycles. The minimum atomic E-state index is -0.226. The first-order valence-corrected chi connectivity index (χ1v) is 7.54. The molecule has 3 aromatic rings. The monoisotopic (exact) mass is 282 g/mol. The molecule has 0 atom stereocenters. The second-order valence-corrected chi connectivity index (χ2v) is 5.89. The summed E-state index contributed by atoms with van der Waals surface area (Å²) in [4.78, 5) is 1.26. The molecule has 0 N–H and O–H groups in total. The van der Waals surface area contributed by atoms with Gasteiger partial charge in [-0.25, -0.2) is 0 Å². The molecule has 2 aromatic carbocycles. The highest BCUT2D eigenvalue weighted by molar-refractivity contribution is 7.22. The van der Waals surface area contributed by atoms with E-state index in [0.29, 0.717) is 13.2 Å². The highest BCUT2D eigenvalue weighted by atomic mass is 32.1. The maximum Gasteiger partial charge on any atom is 0.184 e. The van der Waals surface area contributed by atoms with E-state index in [1.807, 2.05) is 17.4 Å². The molecule has 1 fully saturated rings. The van der Waals surface area contributed by atoms with E-state index in [0.717, 1.165) is 5.56 Å². The predicted octanol–water partition coefficient (Wildman–Crippen LogP) is 4.61. The fourth-order valence-electron chi connectivity index (χ4n) is 2.58. The van der Waals surface area contributed by atoms with Crippen molar-refractivity contribution in [2.24, 2.45) is 0 Å². The molecule has 1 aliphatic rings. The Balaban J connectivity index is 1.84. The van der Waals surface area contributed by atoms with E-state index in [-0.39, 0.29) is 6.29 Å². The maximum absolute atomic E-state index is 5.66. The number of ether oxygens (including phenoxy) is 2. The van der Waals surface area contributed by atoms with Crippen LogP contribution in [0.25, 0.3) is 20.5 Å². The molecule has 0 amide bonds. The van der Waals surface area contributed by atoms with Crippen LogP contribution in [0, 0.1) is 0 Å². The molecule has 4 rings (SSSR count). The lowest BCUT2D eigenvalue weighted by Gasteiger charge is -2.13. The van der Waals surface area contributed by atoms with E-state index < -0.39 is 0 Å². The number of hydrogen-bond donors (Lipinski definition) is 0. The molecule has 1 aliphatic heterocycles. The second-order valence-electron chi connectivity index (χ2n) is 4.81. The van der Waals surface area contributed by atoms with Gasteiger partial charge in [0, 0.05) is 15.1 Å². The first-order chi connectivity index (χ1) is 9.92. The summed E-state index contributed by atoms with van der Waals surface area (Å²) in [6.45, 7) is 1.34. The minimum absolute atomic E-state index is 0.226. The highest BCUT2D eigenvalue weighted by Gasteiger charge is 2.22. The summed E-state index contributed by atoms with van der Waals surface area (Å²) in [5.41, 5.74) is 2.33. The van der Waals surface area contributed by atoms with Crippen molar-refractivity contribution in [3.8, 4) is 10.4 Å². The summed E-state index contributed by atoms with van der Waals surface area (Å²) in [6, 6.07) is 19.1. The molecule has 2 nitrogen and oxygen atoms in total. The molecular formula is C17H14O2S. The fourth-order valence-corrected chi connectivity index (χ4v) is 3.69. The van der Waals surface area contributed by atoms with Crippen LogP contribution in [0.2, 0.25) is 0 Å². The summed E-state index contributed by atoms with van der Waals surface area (Å²) in [5, 5.41) is 1.29. The first kappa shape index (κ1) is 12.1. The van der Waals surface area contributed by atoms with Crippen LogP contribution >= 0.6 is 11.3 Å². The zero-order valence-corrected chi connectivity index (χ0v) is 11.7. The van der Waals surface area contributed by atoms with Crippen molar-refractivity contribution in [1.82, 2.24) is 0 Å². The van der Waals surface area contributed by atoms with E-state index in [2.05, 4.69) is 48.5 Å². The van der Waals surface area contributed by atoms with E-state index in [4.69, 9.17) is 9.47 Å². The van der Waals surface area contributed by atoms with Crippen molar-refractivity contribution in [2.45, 2.75) is 6.29 Å². The largest absolute Gasteiger partial charge is 0.346 e. The minimum Gasteiger partial charge on any atom is -0.346 e. The van der Waals surface area contributed by atoms with Crippen LogP contribution in [0.15, 0.2) is 54.6 Å². The van der Waals surface area contributed by atoms with Crippen molar-refractivity contribution >= 4 is 21.4 Å². The summed E-state index contributed by atoms with van der Waals surface area (Å²) in [7, 11) is 0. The topological polar surface area (TPSA) is 18.5 Å². The normalized spacial score (nSPS) is 16.0. The molecule has 0 bridgehead atoms. The van der Waals surface area contributed by atoms with Crippen molar-refractivity contribution in [2.75, 3.05) is 13.2 Å². The standard InChI is InChI=1S/C17H14O2S/c1-4-8-15-12(5-1)11-16(20-15)13-6-2-3-7-14(13)17-18-9-10-19-17/h1-8,11,17H,9-10H2. The summed E-state index contributed by atoms with van der Waals surface area (Å²) in [5.74, 6) is 0. The third kappa shape index (κ3) is 2.04.